The van der Waals surface area contributed by atoms with Gasteiger partial charge < -0.3 is 10.6 Å². The molecule has 2 aromatic rings. The minimum Gasteiger partial charge on any atom is -0.350 e. The van der Waals surface area contributed by atoms with Gasteiger partial charge in [0.1, 0.15) is 6.04 Å². The smallest absolute Gasteiger partial charge is 0.253 e. The molecule has 0 bridgehead atoms. The third-order valence-electron chi connectivity index (χ3n) is 4.76. The van der Waals surface area contributed by atoms with Gasteiger partial charge in [-0.2, -0.15) is 0 Å². The van der Waals surface area contributed by atoms with Crippen molar-refractivity contribution in [2.45, 2.75) is 46.2 Å². The van der Waals surface area contributed by atoms with Gasteiger partial charge in [0.2, 0.25) is 15.9 Å². The maximum Gasteiger partial charge on any atom is 0.253 e. The van der Waals surface area contributed by atoms with Gasteiger partial charge in [-0.05, 0) is 57.0 Å². The highest BCUT2D eigenvalue weighted by atomic mass is 32.2. The van der Waals surface area contributed by atoms with Crippen molar-refractivity contribution in [2.24, 2.45) is 0 Å². The fourth-order valence-electron chi connectivity index (χ4n) is 3.00. The van der Waals surface area contributed by atoms with Crippen molar-refractivity contribution in [1.29, 1.82) is 0 Å². The molecule has 0 saturated carbocycles. The van der Waals surface area contributed by atoms with E-state index in [1.54, 1.807) is 42.5 Å². The minimum absolute atomic E-state index is 0.0118. The monoisotopic (exact) mass is 431 g/mol. The van der Waals surface area contributed by atoms with Crippen LogP contribution < -0.4 is 14.9 Å². The number of nitrogens with one attached hydrogen (secondary N) is 2. The molecule has 8 heteroatoms. The summed E-state index contributed by atoms with van der Waals surface area (Å²) in [6.07, 6.45) is 1.84. The molecule has 0 heterocycles. The van der Waals surface area contributed by atoms with Crippen LogP contribution >= 0.6 is 0 Å². The molecule has 0 aliphatic heterocycles. The van der Waals surface area contributed by atoms with Crippen LogP contribution in [-0.4, -0.2) is 38.6 Å². The summed E-state index contributed by atoms with van der Waals surface area (Å²) >= 11 is 0. The fraction of sp³-hybridized carbons (Fsp3) is 0.364. The Kier molecular flexibility index (Phi) is 7.61. The summed E-state index contributed by atoms with van der Waals surface area (Å²) in [6, 6.07) is 12.6. The number of benzene rings is 2. The van der Waals surface area contributed by atoms with Crippen molar-refractivity contribution in [3.8, 4) is 0 Å². The Morgan fingerprint density at radius 2 is 1.73 bits per heavy atom. The number of hydrogen-bond acceptors (Lipinski definition) is 4. The molecule has 0 aromatic heterocycles. The summed E-state index contributed by atoms with van der Waals surface area (Å²) in [7, 11) is -3.72. The summed E-state index contributed by atoms with van der Waals surface area (Å²) in [4.78, 5) is 25.5. The number of anilines is 2. The first kappa shape index (κ1) is 23.4. The van der Waals surface area contributed by atoms with Crippen molar-refractivity contribution < 1.29 is 18.0 Å². The number of para-hydroxylation sites is 1. The second kappa shape index (κ2) is 9.75. The van der Waals surface area contributed by atoms with Crippen LogP contribution in [0.25, 0.3) is 0 Å². The normalized spacial score (nSPS) is 13.2. The number of hydrogen-bond donors (Lipinski definition) is 2. The average Bonchev–Trinajstić information content (AvgIpc) is 2.67. The van der Waals surface area contributed by atoms with Crippen molar-refractivity contribution >= 4 is 33.2 Å². The van der Waals surface area contributed by atoms with Crippen LogP contribution in [0.2, 0.25) is 0 Å². The zero-order valence-corrected chi connectivity index (χ0v) is 18.8. The van der Waals surface area contributed by atoms with Gasteiger partial charge in [-0.3, -0.25) is 13.9 Å². The third-order valence-corrected chi connectivity index (χ3v) is 6.01. The fourth-order valence-corrected chi connectivity index (χ4v) is 4.17. The molecular weight excluding hydrogens is 402 g/mol. The number of amides is 2. The van der Waals surface area contributed by atoms with E-state index in [1.807, 2.05) is 26.8 Å². The molecule has 0 aliphatic rings. The lowest BCUT2D eigenvalue weighted by Gasteiger charge is -2.28. The predicted octanol–water partition coefficient (Wildman–Crippen LogP) is 3.32. The Balaban J connectivity index is 2.31. The van der Waals surface area contributed by atoms with Crippen molar-refractivity contribution in [1.82, 2.24) is 5.32 Å². The van der Waals surface area contributed by atoms with Gasteiger partial charge in [0.15, 0.2) is 0 Å². The molecule has 2 aromatic carbocycles. The van der Waals surface area contributed by atoms with Gasteiger partial charge in [0, 0.05) is 6.04 Å². The summed E-state index contributed by atoms with van der Waals surface area (Å²) in [5.74, 6) is -0.836. The van der Waals surface area contributed by atoms with E-state index in [4.69, 9.17) is 0 Å². The van der Waals surface area contributed by atoms with Gasteiger partial charge in [-0.15, -0.1) is 0 Å². The number of nitrogens with zero attached hydrogens (tertiary/aromatic N) is 1. The number of sulfonamides is 1. The van der Waals surface area contributed by atoms with Crippen LogP contribution in [0.15, 0.2) is 48.5 Å². The molecule has 0 aliphatic carbocycles. The first-order valence-corrected chi connectivity index (χ1v) is 11.7. The number of carbonyl (C=O) groups is 2. The molecule has 2 amide bonds. The second-order valence-corrected chi connectivity index (χ2v) is 9.25. The van der Waals surface area contributed by atoms with Crippen molar-refractivity contribution in [2.75, 3.05) is 15.9 Å². The average molecular weight is 432 g/mol. The minimum atomic E-state index is -3.72. The SMILES string of the molecule is CC[C@H](C)NC(=O)c1ccccc1NC(=O)[C@H](C)N(c1cccc(C)c1)S(C)(=O)=O. The van der Waals surface area contributed by atoms with E-state index in [0.717, 1.165) is 22.5 Å². The zero-order valence-electron chi connectivity index (χ0n) is 18.0. The summed E-state index contributed by atoms with van der Waals surface area (Å²) in [6.45, 7) is 7.22. The lowest BCUT2D eigenvalue weighted by atomic mass is 10.1. The number of aryl methyl sites for hydroxylation is 1. The Hall–Kier alpha value is -2.87. The molecule has 0 unspecified atom stereocenters. The summed E-state index contributed by atoms with van der Waals surface area (Å²) < 4.78 is 26.0. The number of rotatable bonds is 8. The lowest BCUT2D eigenvalue weighted by molar-refractivity contribution is -0.116. The quantitative estimate of drug-likeness (QED) is 0.670. The molecule has 0 radical (unpaired) electrons. The maximum absolute atomic E-state index is 13.0. The summed E-state index contributed by atoms with van der Waals surface area (Å²) in [5, 5.41) is 5.58. The molecule has 2 N–H and O–H groups in total. The molecule has 7 nitrogen and oxygen atoms in total. The molecule has 30 heavy (non-hydrogen) atoms. The Bertz CT molecular complexity index is 1020. The summed E-state index contributed by atoms with van der Waals surface area (Å²) in [5.41, 5.74) is 1.93. The molecular formula is C22H29N3O4S. The third kappa shape index (κ3) is 5.82. The standard InChI is InChI=1S/C22H29N3O4S/c1-6-16(3)23-22(27)19-12-7-8-13-20(19)24-21(26)17(4)25(30(5,28)29)18-11-9-10-15(2)14-18/h7-14,16-17H,6H2,1-5H3,(H,23,27)(H,24,26)/t16-,17-/m0/s1. The lowest BCUT2D eigenvalue weighted by Crippen LogP contribution is -2.45. The topological polar surface area (TPSA) is 95.6 Å². The van der Waals surface area contributed by atoms with E-state index in [2.05, 4.69) is 10.6 Å². The zero-order chi connectivity index (χ0) is 22.5. The highest BCUT2D eigenvalue weighted by Crippen LogP contribution is 2.23. The van der Waals surface area contributed by atoms with Crippen LogP contribution in [0.5, 0.6) is 0 Å². The van der Waals surface area contributed by atoms with E-state index in [0.29, 0.717) is 16.9 Å². The van der Waals surface area contributed by atoms with E-state index in [1.165, 1.54) is 6.92 Å². The molecule has 0 saturated heterocycles. The molecule has 0 spiro atoms. The largest absolute Gasteiger partial charge is 0.350 e. The number of carbonyl (C=O) groups excluding carboxylic acids is 2. The maximum atomic E-state index is 13.0. The highest BCUT2D eigenvalue weighted by Gasteiger charge is 2.30. The predicted molar refractivity (Wildman–Crippen MR) is 120 cm³/mol. The highest BCUT2D eigenvalue weighted by molar-refractivity contribution is 7.92. The molecule has 2 rings (SSSR count). The Morgan fingerprint density at radius 3 is 2.33 bits per heavy atom. The van der Waals surface area contributed by atoms with Crippen molar-refractivity contribution in [3.05, 3.63) is 59.7 Å². The van der Waals surface area contributed by atoms with E-state index in [9.17, 15) is 18.0 Å². The van der Waals surface area contributed by atoms with E-state index >= 15 is 0 Å². The Morgan fingerprint density at radius 1 is 1.07 bits per heavy atom. The van der Waals surface area contributed by atoms with Gasteiger partial charge in [-0.1, -0.05) is 31.2 Å². The van der Waals surface area contributed by atoms with Gasteiger partial charge in [0.05, 0.1) is 23.2 Å². The first-order chi connectivity index (χ1) is 14.0. The van der Waals surface area contributed by atoms with Gasteiger partial charge in [0.25, 0.3) is 5.91 Å². The second-order valence-electron chi connectivity index (χ2n) is 7.39. The van der Waals surface area contributed by atoms with Crippen molar-refractivity contribution in [3.63, 3.8) is 0 Å². The Labute approximate surface area is 178 Å². The van der Waals surface area contributed by atoms with Crippen LogP contribution in [0, 0.1) is 6.92 Å². The van der Waals surface area contributed by atoms with Gasteiger partial charge >= 0.3 is 0 Å². The van der Waals surface area contributed by atoms with Gasteiger partial charge in [-0.25, -0.2) is 8.42 Å². The van der Waals surface area contributed by atoms with Crippen LogP contribution in [0.1, 0.15) is 43.1 Å². The van der Waals surface area contributed by atoms with Crippen LogP contribution in [-0.2, 0) is 14.8 Å². The molecule has 162 valence electrons. The van der Waals surface area contributed by atoms with Crippen LogP contribution in [0.4, 0.5) is 11.4 Å². The first-order valence-electron chi connectivity index (χ1n) is 9.81. The van der Waals surface area contributed by atoms with E-state index in [-0.39, 0.29) is 11.9 Å². The van der Waals surface area contributed by atoms with Crippen LogP contribution in [0.3, 0.4) is 0 Å². The molecule has 0 fully saturated rings. The molecule has 2 atom stereocenters. The van der Waals surface area contributed by atoms with E-state index < -0.39 is 22.0 Å².